The number of hydrogen-bond donors (Lipinski definition) is 2. The van der Waals surface area contributed by atoms with E-state index in [0.717, 1.165) is 0 Å². The zero-order valence-corrected chi connectivity index (χ0v) is 3.85. The van der Waals surface area contributed by atoms with Crippen molar-refractivity contribution in [3.63, 3.8) is 0 Å². The molecule has 0 saturated heterocycles. The van der Waals surface area contributed by atoms with Gasteiger partial charge in [-0.1, -0.05) is 0 Å². The molecule has 0 amide bonds. The van der Waals surface area contributed by atoms with Crippen LogP contribution in [0.5, 0.6) is 0 Å². The van der Waals surface area contributed by atoms with Crippen molar-refractivity contribution in [3.05, 3.63) is 0 Å². The summed E-state index contributed by atoms with van der Waals surface area (Å²) in [5.41, 5.74) is 5.08. The fraction of sp³-hybridized carbons (Fsp3) is 1.00. The van der Waals surface area contributed by atoms with Gasteiger partial charge in [0, 0.05) is 6.54 Å². The maximum atomic E-state index is 5.08. The SMILES string of the molecule is CC(CN)ON. The molecule has 0 aromatic rings. The van der Waals surface area contributed by atoms with E-state index < -0.39 is 0 Å². The second-order valence-corrected chi connectivity index (χ2v) is 1.18. The summed E-state index contributed by atoms with van der Waals surface area (Å²) in [6, 6.07) is 0. The van der Waals surface area contributed by atoms with Crippen LogP contribution in [0.2, 0.25) is 0 Å². The zero-order valence-electron chi connectivity index (χ0n) is 3.85. The number of rotatable bonds is 2. The van der Waals surface area contributed by atoms with E-state index in [2.05, 4.69) is 4.84 Å². The first kappa shape index (κ1) is 5.88. The van der Waals surface area contributed by atoms with E-state index >= 15 is 0 Å². The minimum Gasteiger partial charge on any atom is -0.328 e. The number of hydrogen-bond acceptors (Lipinski definition) is 3. The predicted octanol–water partition coefficient (Wildman–Crippen LogP) is -0.776. The summed E-state index contributed by atoms with van der Waals surface area (Å²) in [5, 5.41) is 0. The molecule has 1 unspecified atom stereocenters. The third-order valence-corrected chi connectivity index (χ3v) is 0.564. The molecule has 0 aliphatic heterocycles. The fourth-order valence-corrected chi connectivity index (χ4v) is 0.0556. The van der Waals surface area contributed by atoms with Crippen molar-refractivity contribution in [2.75, 3.05) is 6.54 Å². The molecule has 0 aliphatic rings. The van der Waals surface area contributed by atoms with Gasteiger partial charge in [0.05, 0.1) is 6.10 Å². The van der Waals surface area contributed by atoms with Crippen molar-refractivity contribution in [1.29, 1.82) is 0 Å². The van der Waals surface area contributed by atoms with Crippen LogP contribution in [0.3, 0.4) is 0 Å². The lowest BCUT2D eigenvalue weighted by Gasteiger charge is -2.00. The smallest absolute Gasteiger partial charge is 0.0881 e. The molecule has 0 aromatic carbocycles. The van der Waals surface area contributed by atoms with Gasteiger partial charge >= 0.3 is 0 Å². The highest BCUT2D eigenvalue weighted by molar-refractivity contribution is 4.43. The van der Waals surface area contributed by atoms with Crippen molar-refractivity contribution in [1.82, 2.24) is 0 Å². The van der Waals surface area contributed by atoms with Crippen LogP contribution >= 0.6 is 0 Å². The lowest BCUT2D eigenvalue weighted by molar-refractivity contribution is 0.0728. The van der Waals surface area contributed by atoms with Gasteiger partial charge < -0.3 is 10.6 Å². The van der Waals surface area contributed by atoms with Crippen molar-refractivity contribution >= 4 is 0 Å². The Kier molecular flexibility index (Phi) is 3.02. The molecule has 0 bridgehead atoms. The third kappa shape index (κ3) is 2.14. The first-order valence-corrected chi connectivity index (χ1v) is 1.87. The molecule has 0 rings (SSSR count). The minimum absolute atomic E-state index is 0.00926. The molecule has 4 N–H and O–H groups in total. The van der Waals surface area contributed by atoms with Crippen molar-refractivity contribution in [2.24, 2.45) is 11.6 Å². The van der Waals surface area contributed by atoms with Crippen LogP contribution in [0, 0.1) is 0 Å². The molecule has 0 fully saturated rings. The molecule has 0 heterocycles. The lowest BCUT2D eigenvalue weighted by atomic mass is 10.4. The maximum absolute atomic E-state index is 5.08. The van der Waals surface area contributed by atoms with E-state index in [-0.39, 0.29) is 6.10 Å². The summed E-state index contributed by atoms with van der Waals surface area (Å²) in [4.78, 5) is 4.27. The highest BCUT2D eigenvalue weighted by Crippen LogP contribution is 1.74. The fourth-order valence-electron chi connectivity index (χ4n) is 0.0556. The van der Waals surface area contributed by atoms with Crippen molar-refractivity contribution < 1.29 is 4.84 Å². The second-order valence-electron chi connectivity index (χ2n) is 1.18. The van der Waals surface area contributed by atoms with Crippen LogP contribution in [-0.4, -0.2) is 12.6 Å². The molecule has 6 heavy (non-hydrogen) atoms. The Bertz CT molecular complexity index is 28.0. The molecule has 38 valence electrons. The molecular formula is C3H10N2O. The highest BCUT2D eigenvalue weighted by Gasteiger charge is 1.89. The predicted molar refractivity (Wildman–Crippen MR) is 23.8 cm³/mol. The topological polar surface area (TPSA) is 61.3 Å². The van der Waals surface area contributed by atoms with Crippen LogP contribution in [0.1, 0.15) is 6.92 Å². The Labute approximate surface area is 37.2 Å². The third-order valence-electron chi connectivity index (χ3n) is 0.564. The quantitative estimate of drug-likeness (QED) is 0.437. The Morgan fingerprint density at radius 3 is 2.33 bits per heavy atom. The van der Waals surface area contributed by atoms with Crippen molar-refractivity contribution in [2.45, 2.75) is 13.0 Å². The summed E-state index contributed by atoms with van der Waals surface area (Å²) >= 11 is 0. The van der Waals surface area contributed by atoms with Gasteiger partial charge in [-0.2, -0.15) is 0 Å². The number of nitrogens with two attached hydrogens (primary N) is 2. The molecule has 0 radical (unpaired) electrons. The molecular weight excluding hydrogens is 80.0 g/mol. The van der Waals surface area contributed by atoms with Gasteiger partial charge in [-0.3, -0.25) is 0 Å². The highest BCUT2D eigenvalue weighted by atomic mass is 16.6. The molecule has 1 atom stereocenters. The zero-order chi connectivity index (χ0) is 4.99. The first-order chi connectivity index (χ1) is 2.81. The largest absolute Gasteiger partial charge is 0.328 e. The van der Waals surface area contributed by atoms with Crippen LogP contribution in [0.15, 0.2) is 0 Å². The Morgan fingerprint density at radius 2 is 2.33 bits per heavy atom. The van der Waals surface area contributed by atoms with Gasteiger partial charge in [-0.05, 0) is 6.92 Å². The standard InChI is InChI=1S/C3H10N2O/c1-3(2-4)6-5/h3H,2,4-5H2,1H3. The van der Waals surface area contributed by atoms with E-state index in [0.29, 0.717) is 6.54 Å². The van der Waals surface area contributed by atoms with Gasteiger partial charge in [0.2, 0.25) is 0 Å². The summed E-state index contributed by atoms with van der Waals surface area (Å²) in [6.45, 7) is 2.29. The average molecular weight is 90.1 g/mol. The van der Waals surface area contributed by atoms with Gasteiger partial charge in [0.25, 0.3) is 0 Å². The van der Waals surface area contributed by atoms with E-state index in [1.165, 1.54) is 0 Å². The maximum Gasteiger partial charge on any atom is 0.0881 e. The monoisotopic (exact) mass is 90.1 g/mol. The Hall–Kier alpha value is -0.120. The molecule has 0 aromatic heterocycles. The average Bonchev–Trinajstić information content (AvgIpc) is 1.65. The molecule has 3 heteroatoms. The van der Waals surface area contributed by atoms with E-state index in [1.54, 1.807) is 6.92 Å². The molecule has 0 aliphatic carbocycles. The first-order valence-electron chi connectivity index (χ1n) is 1.87. The minimum atomic E-state index is -0.00926. The second kappa shape index (κ2) is 3.08. The van der Waals surface area contributed by atoms with Crippen LogP contribution in [0.4, 0.5) is 0 Å². The van der Waals surface area contributed by atoms with Crippen molar-refractivity contribution in [3.8, 4) is 0 Å². The summed E-state index contributed by atoms with van der Waals surface area (Å²) in [7, 11) is 0. The Balaban J connectivity index is 2.75. The lowest BCUT2D eigenvalue weighted by Crippen LogP contribution is -2.22. The Morgan fingerprint density at radius 1 is 1.83 bits per heavy atom. The summed E-state index contributed by atoms with van der Waals surface area (Å²) in [5.74, 6) is 4.70. The van der Waals surface area contributed by atoms with Gasteiger partial charge in [-0.25, -0.2) is 5.90 Å². The molecule has 3 nitrogen and oxygen atoms in total. The van der Waals surface area contributed by atoms with E-state index in [4.69, 9.17) is 11.6 Å². The molecule has 0 spiro atoms. The van der Waals surface area contributed by atoms with Gasteiger partial charge in [0.1, 0.15) is 0 Å². The van der Waals surface area contributed by atoms with Crippen LogP contribution in [-0.2, 0) is 4.84 Å². The van der Waals surface area contributed by atoms with E-state index in [1.807, 2.05) is 0 Å². The van der Waals surface area contributed by atoms with E-state index in [9.17, 15) is 0 Å². The molecule has 0 saturated carbocycles. The summed E-state index contributed by atoms with van der Waals surface area (Å²) < 4.78 is 0. The van der Waals surface area contributed by atoms with Gasteiger partial charge in [-0.15, -0.1) is 0 Å². The van der Waals surface area contributed by atoms with Gasteiger partial charge in [0.15, 0.2) is 0 Å². The van der Waals surface area contributed by atoms with Crippen LogP contribution in [0.25, 0.3) is 0 Å². The summed E-state index contributed by atoms with van der Waals surface area (Å²) in [6.07, 6.45) is -0.00926. The normalized spacial score (nSPS) is 14.5. The van der Waals surface area contributed by atoms with Crippen LogP contribution < -0.4 is 11.6 Å².